The molecule has 3 nitrogen and oxygen atoms in total. The molecule has 3 rings (SSSR count). The van der Waals surface area contributed by atoms with E-state index in [9.17, 15) is 4.79 Å². The Labute approximate surface area is 125 Å². The van der Waals surface area contributed by atoms with Crippen molar-refractivity contribution in [3.8, 4) is 0 Å². The van der Waals surface area contributed by atoms with Gasteiger partial charge in [-0.15, -0.1) is 0 Å². The maximum Gasteiger partial charge on any atom is 0.253 e. The van der Waals surface area contributed by atoms with Crippen LogP contribution in [-0.2, 0) is 0 Å². The summed E-state index contributed by atoms with van der Waals surface area (Å²) in [6.07, 6.45) is 1.03. The molecule has 0 aromatic heterocycles. The number of carbonyl (C=O) groups is 1. The molecule has 2 aromatic rings. The number of hydrogen-bond donors (Lipinski definition) is 2. The van der Waals surface area contributed by atoms with Gasteiger partial charge in [-0.3, -0.25) is 4.79 Å². The molecule has 1 aliphatic rings. The van der Waals surface area contributed by atoms with Gasteiger partial charge in [0, 0.05) is 24.2 Å². The van der Waals surface area contributed by atoms with Crippen molar-refractivity contribution in [1.29, 1.82) is 0 Å². The number of hydrogen-bond acceptors (Lipinski definition) is 2. The molecular formula is C18H20N2O. The van der Waals surface area contributed by atoms with Crippen molar-refractivity contribution in [1.82, 2.24) is 5.32 Å². The molecule has 2 aromatic carbocycles. The average Bonchev–Trinajstić information content (AvgIpc) is 3.28. The van der Waals surface area contributed by atoms with E-state index in [2.05, 4.69) is 22.8 Å². The van der Waals surface area contributed by atoms with Crippen molar-refractivity contribution in [2.45, 2.75) is 25.3 Å². The number of anilines is 1. The van der Waals surface area contributed by atoms with Crippen molar-refractivity contribution < 1.29 is 4.79 Å². The number of carbonyl (C=O) groups excluding carboxylic acids is 1. The van der Waals surface area contributed by atoms with Gasteiger partial charge in [0.05, 0.1) is 5.56 Å². The average molecular weight is 280 g/mol. The Bertz CT molecular complexity index is 624. The summed E-state index contributed by atoms with van der Waals surface area (Å²) in [5, 5.41) is 6.37. The Morgan fingerprint density at radius 1 is 1.10 bits per heavy atom. The molecule has 2 atom stereocenters. The van der Waals surface area contributed by atoms with E-state index in [0.717, 1.165) is 24.2 Å². The van der Waals surface area contributed by atoms with Gasteiger partial charge in [0.15, 0.2) is 0 Å². The monoisotopic (exact) mass is 280 g/mol. The van der Waals surface area contributed by atoms with Gasteiger partial charge in [-0.2, -0.15) is 0 Å². The van der Waals surface area contributed by atoms with E-state index in [4.69, 9.17) is 0 Å². The first-order chi connectivity index (χ1) is 10.3. The molecule has 2 unspecified atom stereocenters. The van der Waals surface area contributed by atoms with Crippen molar-refractivity contribution in [2.24, 2.45) is 0 Å². The van der Waals surface area contributed by atoms with Crippen LogP contribution >= 0.6 is 0 Å². The highest BCUT2D eigenvalue weighted by Crippen LogP contribution is 2.40. The largest absolute Gasteiger partial charge is 0.385 e. The lowest BCUT2D eigenvalue weighted by Crippen LogP contribution is -2.27. The summed E-state index contributed by atoms with van der Waals surface area (Å²) in [4.78, 5) is 12.4. The Hall–Kier alpha value is -2.29. The molecule has 0 heterocycles. The molecule has 3 heteroatoms. The van der Waals surface area contributed by atoms with E-state index in [0.29, 0.717) is 5.92 Å². The van der Waals surface area contributed by atoms with Gasteiger partial charge in [-0.25, -0.2) is 0 Å². The van der Waals surface area contributed by atoms with Gasteiger partial charge in [-0.1, -0.05) is 42.5 Å². The van der Waals surface area contributed by atoms with E-state index >= 15 is 0 Å². The number of para-hydroxylation sites is 1. The second-order valence-corrected chi connectivity index (χ2v) is 5.41. The third kappa shape index (κ3) is 3.07. The quantitative estimate of drug-likeness (QED) is 0.881. The summed E-state index contributed by atoms with van der Waals surface area (Å²) >= 11 is 0. The first kappa shape index (κ1) is 13.7. The highest BCUT2D eigenvalue weighted by atomic mass is 16.1. The highest BCUT2D eigenvalue weighted by molar-refractivity contribution is 6.00. The standard InChI is InChI=1S/C18H20N2O/c1-2-19-16-11-7-6-10-14(16)18(21)20-17-12-15(17)13-8-4-3-5-9-13/h3-11,15,17,19H,2,12H2,1H3,(H,20,21). The summed E-state index contributed by atoms with van der Waals surface area (Å²) in [5.41, 5.74) is 2.93. The Kier molecular flexibility index (Phi) is 3.91. The van der Waals surface area contributed by atoms with Crippen LogP contribution in [0.4, 0.5) is 5.69 Å². The Balaban J connectivity index is 1.66. The molecule has 1 amide bonds. The molecular weight excluding hydrogens is 260 g/mol. The molecule has 21 heavy (non-hydrogen) atoms. The van der Waals surface area contributed by atoms with E-state index in [1.54, 1.807) is 0 Å². The zero-order valence-electron chi connectivity index (χ0n) is 12.2. The molecule has 1 fully saturated rings. The Morgan fingerprint density at radius 2 is 1.81 bits per heavy atom. The minimum atomic E-state index is 0.00924. The maximum atomic E-state index is 12.4. The van der Waals surface area contributed by atoms with Crippen LogP contribution in [0.1, 0.15) is 35.2 Å². The van der Waals surface area contributed by atoms with Crippen LogP contribution in [0, 0.1) is 0 Å². The molecule has 108 valence electrons. The van der Waals surface area contributed by atoms with Crippen molar-refractivity contribution in [2.75, 3.05) is 11.9 Å². The first-order valence-electron chi connectivity index (χ1n) is 7.48. The maximum absolute atomic E-state index is 12.4. The molecule has 0 bridgehead atoms. The van der Waals surface area contributed by atoms with Crippen molar-refractivity contribution >= 4 is 11.6 Å². The molecule has 1 saturated carbocycles. The topological polar surface area (TPSA) is 41.1 Å². The third-order valence-corrected chi connectivity index (χ3v) is 3.87. The molecule has 0 radical (unpaired) electrons. The second-order valence-electron chi connectivity index (χ2n) is 5.41. The van der Waals surface area contributed by atoms with Gasteiger partial charge < -0.3 is 10.6 Å². The highest BCUT2D eigenvalue weighted by Gasteiger charge is 2.39. The lowest BCUT2D eigenvalue weighted by atomic mass is 10.1. The normalized spacial score (nSPS) is 19.9. The van der Waals surface area contributed by atoms with Gasteiger partial charge in [0.2, 0.25) is 0 Å². The summed E-state index contributed by atoms with van der Waals surface area (Å²) in [7, 11) is 0. The van der Waals surface area contributed by atoms with E-state index in [-0.39, 0.29) is 11.9 Å². The van der Waals surface area contributed by atoms with Gasteiger partial charge in [-0.05, 0) is 31.0 Å². The number of benzene rings is 2. The van der Waals surface area contributed by atoms with E-state index in [1.807, 2.05) is 49.4 Å². The predicted octanol–water partition coefficient (Wildman–Crippen LogP) is 3.40. The van der Waals surface area contributed by atoms with Crippen molar-refractivity contribution in [3.05, 3.63) is 65.7 Å². The number of amides is 1. The SMILES string of the molecule is CCNc1ccccc1C(=O)NC1CC1c1ccccc1. The van der Waals surface area contributed by atoms with Crippen molar-refractivity contribution in [3.63, 3.8) is 0 Å². The zero-order chi connectivity index (χ0) is 14.7. The third-order valence-electron chi connectivity index (χ3n) is 3.87. The van der Waals surface area contributed by atoms with Gasteiger partial charge >= 0.3 is 0 Å². The number of nitrogens with one attached hydrogen (secondary N) is 2. The molecule has 0 aliphatic heterocycles. The van der Waals surface area contributed by atoms with Crippen LogP contribution in [0.25, 0.3) is 0 Å². The summed E-state index contributed by atoms with van der Waals surface area (Å²) in [6.45, 7) is 2.83. The lowest BCUT2D eigenvalue weighted by molar-refractivity contribution is 0.0951. The first-order valence-corrected chi connectivity index (χ1v) is 7.48. The van der Waals surface area contributed by atoms with Crippen LogP contribution in [-0.4, -0.2) is 18.5 Å². The molecule has 2 N–H and O–H groups in total. The summed E-state index contributed by atoms with van der Waals surface area (Å²) < 4.78 is 0. The van der Waals surface area contributed by atoms with Crippen LogP contribution in [0.15, 0.2) is 54.6 Å². The van der Waals surface area contributed by atoms with Crippen LogP contribution < -0.4 is 10.6 Å². The second kappa shape index (κ2) is 6.00. The van der Waals surface area contributed by atoms with Crippen LogP contribution in [0.3, 0.4) is 0 Å². The molecule has 1 aliphatic carbocycles. The van der Waals surface area contributed by atoms with Gasteiger partial charge in [0.25, 0.3) is 5.91 Å². The smallest absolute Gasteiger partial charge is 0.253 e. The fourth-order valence-electron chi connectivity index (χ4n) is 2.70. The zero-order valence-corrected chi connectivity index (χ0v) is 12.2. The minimum Gasteiger partial charge on any atom is -0.385 e. The summed E-state index contributed by atoms with van der Waals surface area (Å²) in [5.74, 6) is 0.469. The van der Waals surface area contributed by atoms with E-state index < -0.39 is 0 Å². The fraction of sp³-hybridized carbons (Fsp3) is 0.278. The molecule has 0 saturated heterocycles. The molecule has 0 spiro atoms. The van der Waals surface area contributed by atoms with Crippen LogP contribution in [0.5, 0.6) is 0 Å². The Morgan fingerprint density at radius 3 is 2.57 bits per heavy atom. The minimum absolute atomic E-state index is 0.00924. The number of rotatable bonds is 5. The predicted molar refractivity (Wildman–Crippen MR) is 85.7 cm³/mol. The van der Waals surface area contributed by atoms with Gasteiger partial charge in [0.1, 0.15) is 0 Å². The fourth-order valence-corrected chi connectivity index (χ4v) is 2.70. The van der Waals surface area contributed by atoms with E-state index in [1.165, 1.54) is 5.56 Å². The lowest BCUT2D eigenvalue weighted by Gasteiger charge is -2.11. The van der Waals surface area contributed by atoms with Crippen LogP contribution in [0.2, 0.25) is 0 Å². The summed E-state index contributed by atoms with van der Waals surface area (Å²) in [6, 6.07) is 18.3.